The van der Waals surface area contributed by atoms with E-state index in [9.17, 15) is 14.4 Å². The zero-order valence-corrected chi connectivity index (χ0v) is 11.4. The zero-order chi connectivity index (χ0) is 14.5. The van der Waals surface area contributed by atoms with Crippen LogP contribution in [0.1, 0.15) is 46.4 Å². The van der Waals surface area contributed by atoms with Crippen molar-refractivity contribution in [1.29, 1.82) is 0 Å². The molecule has 0 radical (unpaired) electrons. The number of ether oxygens (including phenoxy) is 1. The van der Waals surface area contributed by atoms with Gasteiger partial charge in [0.05, 0.1) is 18.2 Å². The van der Waals surface area contributed by atoms with E-state index >= 15 is 0 Å². The van der Waals surface area contributed by atoms with Crippen molar-refractivity contribution in [3.63, 3.8) is 0 Å². The molecule has 0 saturated heterocycles. The molecule has 1 aliphatic rings. The summed E-state index contributed by atoms with van der Waals surface area (Å²) in [4.78, 5) is 36.3. The Bertz CT molecular complexity index is 503. The van der Waals surface area contributed by atoms with Crippen molar-refractivity contribution in [3.8, 4) is 0 Å². The van der Waals surface area contributed by atoms with Crippen molar-refractivity contribution in [2.75, 3.05) is 13.7 Å². The molecule has 0 fully saturated rings. The van der Waals surface area contributed by atoms with Gasteiger partial charge in [0.2, 0.25) is 0 Å². The maximum Gasteiger partial charge on any atom is 0.305 e. The third kappa shape index (κ3) is 2.87. The summed E-state index contributed by atoms with van der Waals surface area (Å²) in [6, 6.07) is 6.85. The van der Waals surface area contributed by atoms with Crippen LogP contribution in [0.4, 0.5) is 0 Å². The molecule has 0 spiro atoms. The molecule has 0 atom stereocenters. The van der Waals surface area contributed by atoms with Crippen LogP contribution < -0.4 is 0 Å². The summed E-state index contributed by atoms with van der Waals surface area (Å²) in [5.74, 6) is -0.678. The van der Waals surface area contributed by atoms with Gasteiger partial charge in [-0.1, -0.05) is 18.6 Å². The number of fused-ring (bicyclic) bond motifs is 1. The second kappa shape index (κ2) is 6.32. The van der Waals surface area contributed by atoms with Gasteiger partial charge >= 0.3 is 5.97 Å². The number of nitrogens with zero attached hydrogens (tertiary/aromatic N) is 1. The standard InChI is InChI=1S/C15H17NO4/c1-20-13(17)9-3-2-6-10-16-14(18)11-7-4-5-8-12(11)15(16)19/h4-5,7-8H,2-3,6,9-10H2,1H3. The Labute approximate surface area is 117 Å². The van der Waals surface area contributed by atoms with Gasteiger partial charge in [-0.2, -0.15) is 0 Å². The van der Waals surface area contributed by atoms with Crippen LogP contribution in [0.25, 0.3) is 0 Å². The zero-order valence-electron chi connectivity index (χ0n) is 11.4. The number of rotatable bonds is 6. The van der Waals surface area contributed by atoms with Crippen LogP contribution >= 0.6 is 0 Å². The Morgan fingerprint density at radius 3 is 2.20 bits per heavy atom. The van der Waals surface area contributed by atoms with E-state index in [1.807, 2.05) is 0 Å². The van der Waals surface area contributed by atoms with Crippen molar-refractivity contribution in [2.45, 2.75) is 25.7 Å². The van der Waals surface area contributed by atoms with Crippen LogP contribution in [0.5, 0.6) is 0 Å². The van der Waals surface area contributed by atoms with Crippen molar-refractivity contribution in [3.05, 3.63) is 35.4 Å². The molecule has 0 unspecified atom stereocenters. The third-order valence-electron chi connectivity index (χ3n) is 3.37. The van der Waals surface area contributed by atoms with Gasteiger partial charge in [0.25, 0.3) is 11.8 Å². The van der Waals surface area contributed by atoms with Gasteiger partial charge in [0.1, 0.15) is 0 Å². The molecule has 1 heterocycles. The Balaban J connectivity index is 1.82. The number of carbonyl (C=O) groups excluding carboxylic acids is 3. The molecule has 1 aliphatic heterocycles. The number of unbranched alkanes of at least 4 members (excludes halogenated alkanes) is 2. The van der Waals surface area contributed by atoms with Crippen molar-refractivity contribution >= 4 is 17.8 Å². The maximum atomic E-state index is 12.1. The van der Waals surface area contributed by atoms with Crippen molar-refractivity contribution in [1.82, 2.24) is 4.90 Å². The predicted octanol–water partition coefficient (Wildman–Crippen LogP) is 2.02. The summed E-state index contributed by atoms with van der Waals surface area (Å²) < 4.78 is 4.55. The summed E-state index contributed by atoms with van der Waals surface area (Å²) in [6.45, 7) is 0.396. The molecular formula is C15H17NO4. The molecule has 0 saturated carbocycles. The van der Waals surface area contributed by atoms with Gasteiger partial charge in [0, 0.05) is 13.0 Å². The van der Waals surface area contributed by atoms with E-state index in [4.69, 9.17) is 0 Å². The molecule has 1 aromatic rings. The minimum Gasteiger partial charge on any atom is -0.469 e. The highest BCUT2D eigenvalue weighted by atomic mass is 16.5. The van der Waals surface area contributed by atoms with E-state index < -0.39 is 0 Å². The van der Waals surface area contributed by atoms with E-state index in [1.165, 1.54) is 12.0 Å². The quantitative estimate of drug-likeness (QED) is 0.452. The Kier molecular flexibility index (Phi) is 4.50. The smallest absolute Gasteiger partial charge is 0.305 e. The Hall–Kier alpha value is -2.17. The topological polar surface area (TPSA) is 63.7 Å². The molecule has 0 N–H and O–H groups in total. The van der Waals surface area contributed by atoms with E-state index in [0.29, 0.717) is 36.9 Å². The molecule has 0 bridgehead atoms. The normalized spacial score (nSPS) is 13.6. The first-order valence-corrected chi connectivity index (χ1v) is 6.67. The summed E-state index contributed by atoms with van der Waals surface area (Å²) in [7, 11) is 1.36. The van der Waals surface area contributed by atoms with E-state index in [0.717, 1.165) is 6.42 Å². The minimum atomic E-state index is -0.231. The molecule has 0 aromatic heterocycles. The van der Waals surface area contributed by atoms with E-state index in [-0.39, 0.29) is 17.8 Å². The van der Waals surface area contributed by atoms with Gasteiger partial charge in [-0.3, -0.25) is 19.3 Å². The number of esters is 1. The molecular weight excluding hydrogens is 258 g/mol. The number of methoxy groups -OCH3 is 1. The van der Waals surface area contributed by atoms with E-state index in [1.54, 1.807) is 24.3 Å². The number of imide groups is 1. The lowest BCUT2D eigenvalue weighted by molar-refractivity contribution is -0.140. The van der Waals surface area contributed by atoms with Gasteiger partial charge in [-0.25, -0.2) is 0 Å². The fourth-order valence-electron chi connectivity index (χ4n) is 2.26. The molecule has 0 aliphatic carbocycles. The van der Waals surface area contributed by atoms with Crippen LogP contribution in [0, 0.1) is 0 Å². The highest BCUT2D eigenvalue weighted by molar-refractivity contribution is 6.21. The van der Waals surface area contributed by atoms with Gasteiger partial charge in [-0.05, 0) is 25.0 Å². The maximum absolute atomic E-state index is 12.1. The Morgan fingerprint density at radius 2 is 1.65 bits per heavy atom. The fraction of sp³-hybridized carbons (Fsp3) is 0.400. The van der Waals surface area contributed by atoms with Gasteiger partial charge < -0.3 is 4.74 Å². The lowest BCUT2D eigenvalue weighted by atomic mass is 10.1. The van der Waals surface area contributed by atoms with Crippen LogP contribution in [-0.4, -0.2) is 36.3 Å². The van der Waals surface area contributed by atoms with Crippen molar-refractivity contribution in [2.24, 2.45) is 0 Å². The fourth-order valence-corrected chi connectivity index (χ4v) is 2.26. The first-order chi connectivity index (χ1) is 9.65. The first kappa shape index (κ1) is 14.2. The lowest BCUT2D eigenvalue weighted by Gasteiger charge is -2.13. The van der Waals surface area contributed by atoms with Gasteiger partial charge in [0.15, 0.2) is 0 Å². The highest BCUT2D eigenvalue weighted by Gasteiger charge is 2.34. The first-order valence-electron chi connectivity index (χ1n) is 6.67. The highest BCUT2D eigenvalue weighted by Crippen LogP contribution is 2.22. The molecule has 5 heteroatoms. The molecule has 106 valence electrons. The summed E-state index contributed by atoms with van der Waals surface area (Å²) in [5, 5.41) is 0. The van der Waals surface area contributed by atoms with Crippen LogP contribution in [0.2, 0.25) is 0 Å². The van der Waals surface area contributed by atoms with Crippen LogP contribution in [0.15, 0.2) is 24.3 Å². The SMILES string of the molecule is COC(=O)CCCCCN1C(=O)c2ccccc2C1=O. The second-order valence-electron chi connectivity index (χ2n) is 4.69. The minimum absolute atomic E-state index is 0.224. The lowest BCUT2D eigenvalue weighted by Crippen LogP contribution is -2.30. The molecule has 1 aromatic carbocycles. The van der Waals surface area contributed by atoms with Crippen LogP contribution in [0.3, 0.4) is 0 Å². The average Bonchev–Trinajstić information content (AvgIpc) is 2.71. The monoisotopic (exact) mass is 275 g/mol. The van der Waals surface area contributed by atoms with Gasteiger partial charge in [-0.15, -0.1) is 0 Å². The molecule has 2 amide bonds. The van der Waals surface area contributed by atoms with E-state index in [2.05, 4.69) is 4.74 Å². The average molecular weight is 275 g/mol. The second-order valence-corrected chi connectivity index (χ2v) is 4.69. The number of hydrogen-bond acceptors (Lipinski definition) is 4. The number of amides is 2. The van der Waals surface area contributed by atoms with Crippen molar-refractivity contribution < 1.29 is 19.1 Å². The largest absolute Gasteiger partial charge is 0.469 e. The number of hydrogen-bond donors (Lipinski definition) is 0. The molecule has 2 rings (SSSR count). The number of benzene rings is 1. The van der Waals surface area contributed by atoms with Crippen LogP contribution in [-0.2, 0) is 9.53 Å². The summed E-state index contributed by atoms with van der Waals surface area (Å²) in [5.41, 5.74) is 0.958. The number of carbonyl (C=O) groups is 3. The third-order valence-corrected chi connectivity index (χ3v) is 3.37. The predicted molar refractivity (Wildman–Crippen MR) is 72.3 cm³/mol. The molecule has 20 heavy (non-hydrogen) atoms. The summed E-state index contributed by atoms with van der Waals surface area (Å²) >= 11 is 0. The molecule has 5 nitrogen and oxygen atoms in total. The Morgan fingerprint density at radius 1 is 1.05 bits per heavy atom. The summed E-state index contributed by atoms with van der Waals surface area (Å²) in [6.07, 6.45) is 2.55.